The third kappa shape index (κ3) is 5.00. The molecule has 1 fully saturated rings. The lowest BCUT2D eigenvalue weighted by atomic mass is 10.1. The first-order valence-electron chi connectivity index (χ1n) is 10.2. The summed E-state index contributed by atoms with van der Waals surface area (Å²) < 4.78 is 13.1. The molecular formula is C20H32FN5. The summed E-state index contributed by atoms with van der Waals surface area (Å²) in [6, 6.07) is 0. The Morgan fingerprint density at radius 2 is 1.96 bits per heavy atom. The number of nitrogens with zero attached hydrogens (tertiary/aromatic N) is 4. The molecule has 2 aliphatic rings. The smallest absolute Gasteiger partial charge is 0.132 e. The molecule has 0 bridgehead atoms. The number of unbranched alkanes of at least 4 members (excludes halogenated alkanes) is 4. The molecule has 0 saturated carbocycles. The maximum atomic E-state index is 13.1. The minimum atomic E-state index is -0.605. The number of rotatable bonds is 10. The Kier molecular flexibility index (Phi) is 6.94. The molecule has 0 spiro atoms. The fourth-order valence-corrected chi connectivity index (χ4v) is 3.81. The Hall–Kier alpha value is -1.56. The summed E-state index contributed by atoms with van der Waals surface area (Å²) >= 11 is 0. The molecule has 6 heteroatoms. The summed E-state index contributed by atoms with van der Waals surface area (Å²) in [6.07, 6.45) is 8.84. The van der Waals surface area contributed by atoms with E-state index in [0.29, 0.717) is 25.3 Å². The van der Waals surface area contributed by atoms with E-state index in [1.165, 1.54) is 12.8 Å². The van der Waals surface area contributed by atoms with Gasteiger partial charge in [0.15, 0.2) is 0 Å². The van der Waals surface area contributed by atoms with Crippen molar-refractivity contribution in [3.63, 3.8) is 0 Å². The lowest BCUT2D eigenvalue weighted by molar-refractivity contribution is 0.283. The van der Waals surface area contributed by atoms with Crippen LogP contribution >= 0.6 is 0 Å². The van der Waals surface area contributed by atoms with E-state index in [1.54, 1.807) is 0 Å². The molecule has 0 amide bonds. The first kappa shape index (κ1) is 19.2. The van der Waals surface area contributed by atoms with Gasteiger partial charge < -0.3 is 10.6 Å². The van der Waals surface area contributed by atoms with E-state index in [2.05, 4.69) is 21.8 Å². The number of fused-ring (bicyclic) bond motifs is 1. The van der Waals surface area contributed by atoms with Crippen molar-refractivity contribution >= 4 is 11.5 Å². The van der Waals surface area contributed by atoms with Crippen LogP contribution in [0.15, 0.2) is 4.99 Å². The molecule has 26 heavy (non-hydrogen) atoms. The molecule has 1 aromatic heterocycles. The lowest BCUT2D eigenvalue weighted by Gasteiger charge is -2.13. The minimum Gasteiger partial charge on any atom is -0.383 e. The monoisotopic (exact) mass is 361 g/mol. The van der Waals surface area contributed by atoms with Crippen molar-refractivity contribution in [1.82, 2.24) is 14.9 Å². The van der Waals surface area contributed by atoms with Crippen LogP contribution in [0.2, 0.25) is 0 Å². The highest BCUT2D eigenvalue weighted by Crippen LogP contribution is 2.25. The highest BCUT2D eigenvalue weighted by atomic mass is 19.1. The number of aromatic nitrogens is 2. The van der Waals surface area contributed by atoms with Gasteiger partial charge in [0.25, 0.3) is 0 Å². The first-order chi connectivity index (χ1) is 12.7. The number of aliphatic imine (C=N–C) groups is 1. The fourth-order valence-electron chi connectivity index (χ4n) is 3.81. The number of alkyl halides is 1. The maximum Gasteiger partial charge on any atom is 0.132 e. The second-order valence-electron chi connectivity index (χ2n) is 7.57. The largest absolute Gasteiger partial charge is 0.383 e. The number of halogens is 1. The summed E-state index contributed by atoms with van der Waals surface area (Å²) in [7, 11) is 0. The third-order valence-corrected chi connectivity index (χ3v) is 5.39. The average Bonchev–Trinajstić information content (AvgIpc) is 3.22. The van der Waals surface area contributed by atoms with Crippen molar-refractivity contribution < 1.29 is 4.39 Å². The Morgan fingerprint density at radius 3 is 2.73 bits per heavy atom. The number of hydrogen-bond acceptors (Lipinski definition) is 5. The zero-order valence-electron chi connectivity index (χ0n) is 16.0. The van der Waals surface area contributed by atoms with Gasteiger partial charge in [-0.15, -0.1) is 0 Å². The number of nitrogens with two attached hydrogens (primary N) is 1. The zero-order valence-corrected chi connectivity index (χ0v) is 16.0. The van der Waals surface area contributed by atoms with Crippen LogP contribution in [-0.4, -0.2) is 46.4 Å². The van der Waals surface area contributed by atoms with E-state index >= 15 is 0 Å². The third-order valence-electron chi connectivity index (χ3n) is 5.39. The maximum absolute atomic E-state index is 13.1. The van der Waals surface area contributed by atoms with Gasteiger partial charge in [0.2, 0.25) is 0 Å². The molecule has 5 nitrogen and oxygen atoms in total. The van der Waals surface area contributed by atoms with Crippen LogP contribution < -0.4 is 5.73 Å². The van der Waals surface area contributed by atoms with Crippen molar-refractivity contribution in [2.75, 3.05) is 25.4 Å². The van der Waals surface area contributed by atoms with Gasteiger partial charge in [-0.1, -0.05) is 26.2 Å². The zero-order chi connectivity index (χ0) is 18.4. The van der Waals surface area contributed by atoms with Gasteiger partial charge in [0.05, 0.1) is 18.0 Å². The minimum absolute atomic E-state index is 0.605. The van der Waals surface area contributed by atoms with Gasteiger partial charge in [0, 0.05) is 25.1 Å². The molecule has 3 heterocycles. The molecule has 2 N–H and O–H groups in total. The van der Waals surface area contributed by atoms with Crippen LogP contribution in [0.25, 0.3) is 0 Å². The number of likely N-dealkylation sites (tertiary alicyclic amines) is 1. The summed E-state index contributed by atoms with van der Waals surface area (Å²) in [5, 5.41) is 0. The Morgan fingerprint density at radius 1 is 1.12 bits per heavy atom. The quantitative estimate of drug-likeness (QED) is 0.645. The van der Waals surface area contributed by atoms with Gasteiger partial charge >= 0.3 is 0 Å². The second kappa shape index (κ2) is 9.40. The summed E-state index contributed by atoms with van der Waals surface area (Å²) in [6.45, 7) is 5.40. The van der Waals surface area contributed by atoms with E-state index in [4.69, 9.17) is 10.7 Å². The van der Waals surface area contributed by atoms with Gasteiger partial charge in [-0.05, 0) is 38.6 Å². The molecule has 2 aliphatic heterocycles. The van der Waals surface area contributed by atoms with E-state index in [-0.39, 0.29) is 0 Å². The second-order valence-corrected chi connectivity index (χ2v) is 7.57. The van der Waals surface area contributed by atoms with Gasteiger partial charge in [0.1, 0.15) is 17.8 Å². The molecule has 0 unspecified atom stereocenters. The van der Waals surface area contributed by atoms with E-state index in [1.807, 2.05) is 0 Å². The van der Waals surface area contributed by atoms with Gasteiger partial charge in [-0.25, -0.2) is 14.4 Å². The predicted octanol–water partition coefficient (Wildman–Crippen LogP) is 3.70. The van der Waals surface area contributed by atoms with Crippen LogP contribution in [0.3, 0.4) is 0 Å². The SMILES string of the molecule is CCCCc1nc(N)c2c(n1)C(CCCCCCN1CC[C@H](F)C1)=NC2. The molecule has 1 saturated heterocycles. The first-order valence-corrected chi connectivity index (χ1v) is 10.2. The van der Waals surface area contributed by atoms with E-state index in [0.717, 1.165) is 74.4 Å². The topological polar surface area (TPSA) is 67.4 Å². The standard InChI is InChI=1S/C20H32FN5/c1-2-3-9-18-24-19-16(20(22)25-18)13-23-17(19)8-6-4-5-7-11-26-12-10-15(21)14-26/h15H,2-14H2,1H3,(H2,22,24,25)/t15-/m0/s1. The lowest BCUT2D eigenvalue weighted by Crippen LogP contribution is -2.22. The number of nitrogen functional groups attached to an aromatic ring is 1. The molecule has 0 aliphatic carbocycles. The van der Waals surface area contributed by atoms with E-state index < -0.39 is 6.17 Å². The van der Waals surface area contributed by atoms with Crippen molar-refractivity contribution in [3.05, 3.63) is 17.1 Å². The summed E-state index contributed by atoms with van der Waals surface area (Å²) in [4.78, 5) is 16.1. The molecule has 0 radical (unpaired) electrons. The van der Waals surface area contributed by atoms with Crippen molar-refractivity contribution in [2.45, 2.75) is 77.4 Å². The highest BCUT2D eigenvalue weighted by Gasteiger charge is 2.22. The number of hydrogen-bond donors (Lipinski definition) is 1. The Bertz CT molecular complexity index is 631. The molecular weight excluding hydrogens is 329 g/mol. The molecule has 1 atom stereocenters. The van der Waals surface area contributed by atoms with Crippen molar-refractivity contribution in [2.24, 2.45) is 4.99 Å². The van der Waals surface area contributed by atoms with Gasteiger partial charge in [-0.3, -0.25) is 4.99 Å². The van der Waals surface area contributed by atoms with Crippen LogP contribution in [0.1, 0.15) is 75.4 Å². The molecule has 0 aromatic carbocycles. The summed E-state index contributed by atoms with van der Waals surface area (Å²) in [5.74, 6) is 1.46. The molecule has 1 aromatic rings. The normalized spacial score (nSPS) is 19.8. The van der Waals surface area contributed by atoms with Crippen LogP contribution in [0.5, 0.6) is 0 Å². The highest BCUT2D eigenvalue weighted by molar-refractivity contribution is 6.02. The average molecular weight is 362 g/mol. The van der Waals surface area contributed by atoms with Crippen LogP contribution in [0, 0.1) is 0 Å². The molecule has 144 valence electrons. The molecule has 3 rings (SSSR count). The summed E-state index contributed by atoms with van der Waals surface area (Å²) in [5.41, 5.74) is 9.22. The van der Waals surface area contributed by atoms with E-state index in [9.17, 15) is 4.39 Å². The Balaban J connectivity index is 1.41. The Labute approximate surface area is 156 Å². The fraction of sp³-hybridized carbons (Fsp3) is 0.750. The van der Waals surface area contributed by atoms with Crippen molar-refractivity contribution in [1.29, 1.82) is 0 Å². The van der Waals surface area contributed by atoms with Gasteiger partial charge in [-0.2, -0.15) is 0 Å². The number of aryl methyl sites for hydroxylation is 1. The predicted molar refractivity (Wildman–Crippen MR) is 104 cm³/mol. The number of anilines is 1. The van der Waals surface area contributed by atoms with Crippen molar-refractivity contribution in [3.8, 4) is 0 Å². The van der Waals surface area contributed by atoms with Crippen LogP contribution in [-0.2, 0) is 13.0 Å². The van der Waals surface area contributed by atoms with Crippen LogP contribution in [0.4, 0.5) is 10.2 Å².